The number of hydrogen-bond acceptors (Lipinski definition) is 2. The fraction of sp³-hybridized carbons (Fsp3) is 0.684. The quantitative estimate of drug-likeness (QED) is 0.584. The van der Waals surface area contributed by atoms with E-state index in [1.807, 2.05) is 0 Å². The highest BCUT2D eigenvalue weighted by Gasteiger charge is 2.17. The predicted molar refractivity (Wildman–Crippen MR) is 92.3 cm³/mol. The molecular weight excluding hydrogens is 258 g/mol. The van der Waals surface area contributed by atoms with Crippen molar-refractivity contribution in [2.45, 2.75) is 65.2 Å². The molecule has 0 spiro atoms. The Kier molecular flexibility index (Phi) is 8.44. The average Bonchev–Trinajstić information content (AvgIpc) is 2.50. The van der Waals surface area contributed by atoms with Gasteiger partial charge in [0.15, 0.2) is 0 Å². The number of benzene rings is 1. The fourth-order valence-electron chi connectivity index (χ4n) is 2.23. The predicted octanol–water partition coefficient (Wildman–Crippen LogP) is 4.92. The number of nitrogens with one attached hydrogen (secondary N) is 1. The van der Waals surface area contributed by atoms with E-state index in [1.165, 1.54) is 24.8 Å². The van der Waals surface area contributed by atoms with Crippen LogP contribution >= 0.6 is 0 Å². The van der Waals surface area contributed by atoms with E-state index in [4.69, 9.17) is 4.74 Å². The van der Waals surface area contributed by atoms with Gasteiger partial charge in [0.2, 0.25) is 0 Å². The third-order valence-corrected chi connectivity index (χ3v) is 4.21. The summed E-state index contributed by atoms with van der Waals surface area (Å²) in [5.74, 6) is 0.995. The molecular formula is C19H33NO. The molecule has 0 aliphatic heterocycles. The van der Waals surface area contributed by atoms with Gasteiger partial charge in [0.25, 0.3) is 0 Å². The summed E-state index contributed by atoms with van der Waals surface area (Å²) < 4.78 is 5.81. The Morgan fingerprint density at radius 2 is 1.67 bits per heavy atom. The maximum absolute atomic E-state index is 5.81. The van der Waals surface area contributed by atoms with Crippen LogP contribution in [0.15, 0.2) is 24.3 Å². The SMILES string of the molecule is CCCNCCCCCOc1ccc(C(C)(C)CC)cc1. The van der Waals surface area contributed by atoms with Crippen LogP contribution in [0.1, 0.15) is 65.4 Å². The van der Waals surface area contributed by atoms with Gasteiger partial charge in [-0.05, 0) is 68.3 Å². The molecule has 0 aromatic heterocycles. The second-order valence-electron chi connectivity index (χ2n) is 6.42. The molecule has 0 unspecified atom stereocenters. The highest BCUT2D eigenvalue weighted by molar-refractivity contribution is 5.31. The summed E-state index contributed by atoms with van der Waals surface area (Å²) in [6.07, 6.45) is 5.98. The Hall–Kier alpha value is -1.02. The molecule has 0 saturated heterocycles. The highest BCUT2D eigenvalue weighted by atomic mass is 16.5. The third-order valence-electron chi connectivity index (χ3n) is 4.21. The Balaban J connectivity index is 2.18. The summed E-state index contributed by atoms with van der Waals surface area (Å²) in [5.41, 5.74) is 1.64. The number of rotatable bonds is 11. The van der Waals surface area contributed by atoms with Gasteiger partial charge < -0.3 is 10.1 Å². The second kappa shape index (κ2) is 9.83. The minimum absolute atomic E-state index is 0.254. The minimum atomic E-state index is 0.254. The summed E-state index contributed by atoms with van der Waals surface area (Å²) in [5, 5.41) is 3.43. The van der Waals surface area contributed by atoms with E-state index < -0.39 is 0 Å². The van der Waals surface area contributed by atoms with Gasteiger partial charge >= 0.3 is 0 Å². The maximum atomic E-state index is 5.81. The molecule has 0 heterocycles. The zero-order valence-electron chi connectivity index (χ0n) is 14.4. The number of hydrogen-bond donors (Lipinski definition) is 1. The normalized spacial score (nSPS) is 11.6. The van der Waals surface area contributed by atoms with Gasteiger partial charge in [-0.1, -0.05) is 39.8 Å². The van der Waals surface area contributed by atoms with Crippen molar-refractivity contribution in [2.75, 3.05) is 19.7 Å². The first-order chi connectivity index (χ1) is 10.1. The maximum Gasteiger partial charge on any atom is 0.119 e. The smallest absolute Gasteiger partial charge is 0.119 e. The van der Waals surface area contributed by atoms with E-state index >= 15 is 0 Å². The minimum Gasteiger partial charge on any atom is -0.494 e. The molecule has 1 N–H and O–H groups in total. The van der Waals surface area contributed by atoms with Crippen LogP contribution in [0.25, 0.3) is 0 Å². The van der Waals surface area contributed by atoms with Crippen molar-refractivity contribution < 1.29 is 4.74 Å². The van der Waals surface area contributed by atoms with E-state index in [9.17, 15) is 0 Å². The molecule has 0 saturated carbocycles. The van der Waals surface area contributed by atoms with E-state index in [0.29, 0.717) is 0 Å². The summed E-state index contributed by atoms with van der Waals surface area (Å²) in [7, 11) is 0. The lowest BCUT2D eigenvalue weighted by Crippen LogP contribution is -2.16. The molecule has 0 bridgehead atoms. The molecule has 1 rings (SSSR count). The number of ether oxygens (including phenoxy) is 1. The zero-order chi connectivity index (χ0) is 15.6. The largest absolute Gasteiger partial charge is 0.494 e. The van der Waals surface area contributed by atoms with Crippen LogP contribution in [0.2, 0.25) is 0 Å². The lowest BCUT2D eigenvalue weighted by Gasteiger charge is -2.23. The topological polar surface area (TPSA) is 21.3 Å². The summed E-state index contributed by atoms with van der Waals surface area (Å²) in [4.78, 5) is 0. The molecule has 2 nitrogen and oxygen atoms in total. The van der Waals surface area contributed by atoms with E-state index in [2.05, 4.69) is 57.3 Å². The molecule has 0 aliphatic carbocycles. The Morgan fingerprint density at radius 1 is 0.952 bits per heavy atom. The lowest BCUT2D eigenvalue weighted by molar-refractivity contribution is 0.304. The van der Waals surface area contributed by atoms with Gasteiger partial charge in [-0.25, -0.2) is 0 Å². The first-order valence-corrected chi connectivity index (χ1v) is 8.54. The van der Waals surface area contributed by atoms with Crippen LogP contribution in [-0.2, 0) is 5.41 Å². The van der Waals surface area contributed by atoms with E-state index in [-0.39, 0.29) is 5.41 Å². The van der Waals surface area contributed by atoms with Gasteiger partial charge in [-0.2, -0.15) is 0 Å². The van der Waals surface area contributed by atoms with Crippen molar-refractivity contribution in [3.63, 3.8) is 0 Å². The van der Waals surface area contributed by atoms with Crippen molar-refractivity contribution >= 4 is 0 Å². The molecule has 0 atom stereocenters. The summed E-state index contributed by atoms with van der Waals surface area (Å²) in [6, 6.07) is 8.62. The van der Waals surface area contributed by atoms with Crippen molar-refractivity contribution in [1.82, 2.24) is 5.32 Å². The first-order valence-electron chi connectivity index (χ1n) is 8.54. The molecule has 1 aromatic carbocycles. The van der Waals surface area contributed by atoms with Gasteiger partial charge in [-0.15, -0.1) is 0 Å². The van der Waals surface area contributed by atoms with Crippen molar-refractivity contribution in [2.24, 2.45) is 0 Å². The first kappa shape index (κ1) is 18.0. The summed E-state index contributed by atoms with van der Waals surface area (Å²) >= 11 is 0. The summed E-state index contributed by atoms with van der Waals surface area (Å²) in [6.45, 7) is 12.1. The van der Waals surface area contributed by atoms with Crippen molar-refractivity contribution in [3.8, 4) is 5.75 Å². The molecule has 120 valence electrons. The highest BCUT2D eigenvalue weighted by Crippen LogP contribution is 2.28. The Morgan fingerprint density at radius 3 is 2.29 bits per heavy atom. The van der Waals surface area contributed by atoms with E-state index in [0.717, 1.165) is 38.3 Å². The fourth-order valence-corrected chi connectivity index (χ4v) is 2.23. The molecule has 0 fully saturated rings. The zero-order valence-corrected chi connectivity index (χ0v) is 14.4. The molecule has 0 aliphatic rings. The van der Waals surface area contributed by atoms with Crippen LogP contribution in [0.3, 0.4) is 0 Å². The monoisotopic (exact) mass is 291 g/mol. The van der Waals surface area contributed by atoms with E-state index in [1.54, 1.807) is 0 Å². The van der Waals surface area contributed by atoms with Crippen molar-refractivity contribution in [3.05, 3.63) is 29.8 Å². The van der Waals surface area contributed by atoms with Crippen LogP contribution in [0, 0.1) is 0 Å². The molecule has 0 amide bonds. The molecule has 21 heavy (non-hydrogen) atoms. The van der Waals surface area contributed by atoms with Crippen LogP contribution < -0.4 is 10.1 Å². The Labute approximate surface area is 131 Å². The average molecular weight is 291 g/mol. The molecule has 2 heteroatoms. The molecule has 1 aromatic rings. The van der Waals surface area contributed by atoms with Gasteiger partial charge in [-0.3, -0.25) is 0 Å². The molecule has 0 radical (unpaired) electrons. The van der Waals surface area contributed by atoms with Crippen molar-refractivity contribution in [1.29, 1.82) is 0 Å². The van der Waals surface area contributed by atoms with Gasteiger partial charge in [0.05, 0.1) is 6.61 Å². The Bertz CT molecular complexity index is 370. The standard InChI is InChI=1S/C19H33NO/c1-5-14-20-15-8-7-9-16-21-18-12-10-17(11-13-18)19(3,4)6-2/h10-13,20H,5-9,14-16H2,1-4H3. The second-order valence-corrected chi connectivity index (χ2v) is 6.42. The van der Waals surface area contributed by atoms with Crippen LogP contribution in [-0.4, -0.2) is 19.7 Å². The van der Waals surface area contributed by atoms with Gasteiger partial charge in [0, 0.05) is 0 Å². The lowest BCUT2D eigenvalue weighted by atomic mass is 9.82. The van der Waals surface area contributed by atoms with Gasteiger partial charge in [0.1, 0.15) is 5.75 Å². The third kappa shape index (κ3) is 6.99. The van der Waals surface area contributed by atoms with Crippen LogP contribution in [0.5, 0.6) is 5.75 Å². The number of unbranched alkanes of at least 4 members (excludes halogenated alkanes) is 2. The van der Waals surface area contributed by atoms with Crippen LogP contribution in [0.4, 0.5) is 0 Å².